The van der Waals surface area contributed by atoms with Crippen LogP contribution in [-0.2, 0) is 20.9 Å². The van der Waals surface area contributed by atoms with Gasteiger partial charge in [0.15, 0.2) is 0 Å². The average Bonchev–Trinajstić information content (AvgIpc) is 3.26. The Kier molecular flexibility index (Phi) is 4.73. The highest BCUT2D eigenvalue weighted by Crippen LogP contribution is 2.38. The van der Waals surface area contributed by atoms with E-state index >= 15 is 0 Å². The van der Waals surface area contributed by atoms with E-state index in [-0.39, 0.29) is 18.2 Å². The summed E-state index contributed by atoms with van der Waals surface area (Å²) < 4.78 is 10.6. The Hall–Kier alpha value is -3.35. The summed E-state index contributed by atoms with van der Waals surface area (Å²) in [5, 5.41) is 2.87. The Morgan fingerprint density at radius 3 is 2.68 bits per heavy atom. The van der Waals surface area contributed by atoms with Gasteiger partial charge in [-0.2, -0.15) is 0 Å². The minimum absolute atomic E-state index is 0.195. The number of rotatable bonds is 5. The first-order chi connectivity index (χ1) is 13.6. The fourth-order valence-electron chi connectivity index (χ4n) is 3.64. The lowest BCUT2D eigenvalue weighted by molar-refractivity contribution is -0.145. The van der Waals surface area contributed by atoms with Gasteiger partial charge in [-0.25, -0.2) is 4.79 Å². The number of cyclic esters (lactones) is 1. The second-order valence-electron chi connectivity index (χ2n) is 6.77. The van der Waals surface area contributed by atoms with Gasteiger partial charge in [-0.15, -0.1) is 0 Å². The number of nitrogens with one attached hydrogen (secondary N) is 1. The maximum Gasteiger partial charge on any atom is 0.340 e. The number of esters is 1. The minimum atomic E-state index is -0.851. The highest BCUT2D eigenvalue weighted by Gasteiger charge is 2.46. The highest BCUT2D eigenvalue weighted by atomic mass is 16.6. The number of fused-ring (bicyclic) bond motifs is 1. The molecule has 2 aliphatic heterocycles. The second-order valence-corrected chi connectivity index (χ2v) is 6.77. The highest BCUT2D eigenvalue weighted by molar-refractivity contribution is 5.96. The number of carbonyl (C=O) groups excluding carboxylic acids is 3. The lowest BCUT2D eigenvalue weighted by Gasteiger charge is -2.29. The van der Waals surface area contributed by atoms with Crippen molar-refractivity contribution in [2.24, 2.45) is 0 Å². The molecule has 2 aromatic carbocycles. The van der Waals surface area contributed by atoms with Crippen LogP contribution in [0.25, 0.3) is 0 Å². The Balaban J connectivity index is 1.48. The summed E-state index contributed by atoms with van der Waals surface area (Å²) in [6.07, 6.45) is -0.212. The SMILES string of the molecule is COc1ccc(CNC(=O)[C@H]2CCC(=O)N2[C@@H]2OC(=O)c3ccccc32)cc1. The molecule has 2 heterocycles. The third-order valence-electron chi connectivity index (χ3n) is 5.10. The van der Waals surface area contributed by atoms with Crippen LogP contribution in [0.15, 0.2) is 48.5 Å². The zero-order valence-electron chi connectivity index (χ0n) is 15.4. The fraction of sp³-hybridized carbons (Fsp3) is 0.286. The summed E-state index contributed by atoms with van der Waals surface area (Å²) in [5.74, 6) is -0.191. The van der Waals surface area contributed by atoms with E-state index in [1.807, 2.05) is 24.3 Å². The summed E-state index contributed by atoms with van der Waals surface area (Å²) in [7, 11) is 1.59. The number of hydrogen-bond acceptors (Lipinski definition) is 5. The Morgan fingerprint density at radius 1 is 1.18 bits per heavy atom. The summed E-state index contributed by atoms with van der Waals surface area (Å²) >= 11 is 0. The first kappa shape index (κ1) is 18.0. The molecular formula is C21H20N2O5. The lowest BCUT2D eigenvalue weighted by Crippen LogP contribution is -2.46. The zero-order chi connectivity index (χ0) is 19.7. The van der Waals surface area contributed by atoms with E-state index in [4.69, 9.17) is 9.47 Å². The topological polar surface area (TPSA) is 84.9 Å². The molecule has 2 amide bonds. The average molecular weight is 380 g/mol. The van der Waals surface area contributed by atoms with Crippen LogP contribution in [0.3, 0.4) is 0 Å². The number of hydrogen-bond donors (Lipinski definition) is 1. The van der Waals surface area contributed by atoms with Crippen LogP contribution in [0.1, 0.15) is 40.6 Å². The van der Waals surface area contributed by atoms with Crippen LogP contribution in [0.5, 0.6) is 5.75 Å². The largest absolute Gasteiger partial charge is 0.497 e. The van der Waals surface area contributed by atoms with E-state index in [0.29, 0.717) is 24.1 Å². The molecule has 144 valence electrons. The van der Waals surface area contributed by atoms with Gasteiger partial charge in [0, 0.05) is 18.5 Å². The molecule has 0 aromatic heterocycles. The van der Waals surface area contributed by atoms with Crippen LogP contribution < -0.4 is 10.1 Å². The molecule has 2 aliphatic rings. The van der Waals surface area contributed by atoms with Gasteiger partial charge in [0.1, 0.15) is 11.8 Å². The van der Waals surface area contributed by atoms with Crippen molar-refractivity contribution >= 4 is 17.8 Å². The lowest BCUT2D eigenvalue weighted by atomic mass is 10.1. The van der Waals surface area contributed by atoms with Crippen molar-refractivity contribution in [2.75, 3.05) is 7.11 Å². The van der Waals surface area contributed by atoms with Gasteiger partial charge in [-0.1, -0.05) is 30.3 Å². The molecule has 28 heavy (non-hydrogen) atoms. The van der Waals surface area contributed by atoms with Crippen molar-refractivity contribution in [2.45, 2.75) is 31.7 Å². The van der Waals surface area contributed by atoms with Gasteiger partial charge < -0.3 is 14.8 Å². The van der Waals surface area contributed by atoms with Gasteiger partial charge in [0.05, 0.1) is 12.7 Å². The molecule has 1 N–H and O–H groups in total. The van der Waals surface area contributed by atoms with Gasteiger partial charge >= 0.3 is 5.97 Å². The number of likely N-dealkylation sites (tertiary alicyclic amines) is 1. The summed E-state index contributed by atoms with van der Waals surface area (Å²) in [6.45, 7) is 0.336. The molecule has 7 heteroatoms. The van der Waals surface area contributed by atoms with Crippen molar-refractivity contribution < 1.29 is 23.9 Å². The summed E-state index contributed by atoms with van der Waals surface area (Å²) in [6, 6.07) is 13.6. The number of carbonyl (C=O) groups is 3. The molecule has 0 radical (unpaired) electrons. The molecule has 4 rings (SSSR count). The predicted octanol–water partition coefficient (Wildman–Crippen LogP) is 2.17. The molecule has 0 bridgehead atoms. The van der Waals surface area contributed by atoms with Crippen molar-refractivity contribution in [1.82, 2.24) is 10.2 Å². The fourth-order valence-corrected chi connectivity index (χ4v) is 3.64. The zero-order valence-corrected chi connectivity index (χ0v) is 15.4. The predicted molar refractivity (Wildman–Crippen MR) is 99.3 cm³/mol. The molecular weight excluding hydrogens is 360 g/mol. The van der Waals surface area contributed by atoms with Gasteiger partial charge in [-0.3, -0.25) is 14.5 Å². The Morgan fingerprint density at radius 2 is 1.93 bits per heavy atom. The van der Waals surface area contributed by atoms with Crippen LogP contribution in [0, 0.1) is 0 Å². The molecule has 2 aromatic rings. The molecule has 7 nitrogen and oxygen atoms in total. The molecule has 1 fully saturated rings. The van der Waals surface area contributed by atoms with E-state index < -0.39 is 18.2 Å². The van der Waals surface area contributed by atoms with Gasteiger partial charge in [0.2, 0.25) is 18.0 Å². The van der Waals surface area contributed by atoms with Gasteiger partial charge in [0.25, 0.3) is 0 Å². The smallest absolute Gasteiger partial charge is 0.340 e. The number of nitrogens with zero attached hydrogens (tertiary/aromatic N) is 1. The van der Waals surface area contributed by atoms with E-state index in [0.717, 1.165) is 11.3 Å². The molecule has 2 atom stereocenters. The van der Waals surface area contributed by atoms with Crippen molar-refractivity contribution in [1.29, 1.82) is 0 Å². The van der Waals surface area contributed by atoms with Crippen LogP contribution in [0.2, 0.25) is 0 Å². The quantitative estimate of drug-likeness (QED) is 0.804. The van der Waals surface area contributed by atoms with Crippen LogP contribution >= 0.6 is 0 Å². The third-order valence-corrected chi connectivity index (χ3v) is 5.10. The molecule has 1 saturated heterocycles. The standard InChI is InChI=1S/C21H20N2O5/c1-27-14-8-6-13(7-9-14)12-22-19(25)17-10-11-18(24)23(17)20-15-4-2-3-5-16(15)21(26)28-20/h2-9,17,20H,10-12H2,1H3,(H,22,25)/t17-,20-/m1/s1. The minimum Gasteiger partial charge on any atom is -0.497 e. The first-order valence-electron chi connectivity index (χ1n) is 9.10. The van der Waals surface area contributed by atoms with Gasteiger partial charge in [-0.05, 0) is 30.2 Å². The van der Waals surface area contributed by atoms with E-state index in [9.17, 15) is 14.4 Å². The molecule has 0 aliphatic carbocycles. The van der Waals surface area contributed by atoms with E-state index in [1.165, 1.54) is 4.90 Å². The van der Waals surface area contributed by atoms with E-state index in [1.54, 1.807) is 31.4 Å². The van der Waals surface area contributed by atoms with E-state index in [2.05, 4.69) is 5.32 Å². The normalized spacial score (nSPS) is 20.7. The van der Waals surface area contributed by atoms with Crippen molar-refractivity contribution in [3.05, 3.63) is 65.2 Å². The Labute approximate surface area is 162 Å². The van der Waals surface area contributed by atoms with Crippen molar-refractivity contribution in [3.63, 3.8) is 0 Å². The number of methoxy groups -OCH3 is 1. The van der Waals surface area contributed by atoms with Crippen LogP contribution in [0.4, 0.5) is 0 Å². The maximum atomic E-state index is 12.8. The monoisotopic (exact) mass is 380 g/mol. The maximum absolute atomic E-state index is 12.8. The third kappa shape index (κ3) is 3.19. The number of benzene rings is 2. The number of ether oxygens (including phenoxy) is 2. The summed E-state index contributed by atoms with van der Waals surface area (Å²) in [4.78, 5) is 38.8. The Bertz CT molecular complexity index is 925. The molecule has 0 unspecified atom stereocenters. The summed E-state index contributed by atoms with van der Waals surface area (Å²) in [5.41, 5.74) is 1.97. The molecule has 0 spiro atoms. The van der Waals surface area contributed by atoms with Crippen LogP contribution in [-0.4, -0.2) is 35.8 Å². The number of amides is 2. The van der Waals surface area contributed by atoms with Crippen molar-refractivity contribution in [3.8, 4) is 5.75 Å². The molecule has 0 saturated carbocycles. The second kappa shape index (κ2) is 7.34. The first-order valence-corrected chi connectivity index (χ1v) is 9.10.